The lowest BCUT2D eigenvalue weighted by molar-refractivity contribution is -0.384. The predicted octanol–water partition coefficient (Wildman–Crippen LogP) is 8.14. The van der Waals surface area contributed by atoms with E-state index in [1.165, 1.54) is 0 Å². The number of aliphatic hydroxyl groups excluding tert-OH is 1. The zero-order chi connectivity index (χ0) is 37.4. The van der Waals surface area contributed by atoms with Gasteiger partial charge in [0.15, 0.2) is 6.29 Å². The van der Waals surface area contributed by atoms with Crippen LogP contribution in [0.4, 0.5) is 27.5 Å². The fourth-order valence-corrected chi connectivity index (χ4v) is 6.80. The summed E-state index contributed by atoms with van der Waals surface area (Å²) in [5.74, 6) is 1.42. The standard InChI is InChI=1S/C42H43N5O7/c1-29-39(27-45-23-25-46(26-24-45)35-17-19-36(20-18-35)47(50)51)53-41(54-40(29)31-9-7-30(28-48)8-10-31)32-11-13-33(14-12-32)43-42(49)44-34-15-21-38(22-16-34)52-37-5-3-2-4-6-37/h2-22,29,39-41,48H,23-28H2,1H3,(H2,43,44,49). The van der Waals surface area contributed by atoms with Gasteiger partial charge in [-0.3, -0.25) is 15.0 Å². The van der Waals surface area contributed by atoms with E-state index < -0.39 is 6.29 Å². The number of carbonyl (C=O) groups excluding carboxylic acids is 1. The van der Waals surface area contributed by atoms with Gasteiger partial charge < -0.3 is 34.9 Å². The van der Waals surface area contributed by atoms with E-state index in [9.17, 15) is 20.0 Å². The minimum atomic E-state index is -0.644. The number of rotatable bonds is 11. The lowest BCUT2D eigenvalue weighted by Crippen LogP contribution is -2.51. The number of anilines is 3. The number of ether oxygens (including phenoxy) is 3. The molecular formula is C42H43N5O7. The van der Waals surface area contributed by atoms with Crippen LogP contribution >= 0.6 is 0 Å². The van der Waals surface area contributed by atoms with Crippen LogP contribution in [0.25, 0.3) is 0 Å². The van der Waals surface area contributed by atoms with E-state index in [1.807, 2.05) is 91.0 Å². The van der Waals surface area contributed by atoms with Crippen molar-refractivity contribution in [3.8, 4) is 11.5 Å². The molecule has 0 aliphatic carbocycles. The lowest BCUT2D eigenvalue weighted by Gasteiger charge is -2.44. The fourth-order valence-electron chi connectivity index (χ4n) is 6.80. The number of nitro benzene ring substituents is 1. The number of hydrogen-bond donors (Lipinski definition) is 3. The highest BCUT2D eigenvalue weighted by molar-refractivity contribution is 5.99. The highest BCUT2D eigenvalue weighted by atomic mass is 16.7. The molecule has 4 unspecified atom stereocenters. The van der Waals surface area contributed by atoms with Crippen LogP contribution in [-0.2, 0) is 16.1 Å². The van der Waals surface area contributed by atoms with Crippen molar-refractivity contribution < 1.29 is 29.0 Å². The van der Waals surface area contributed by atoms with Crippen molar-refractivity contribution in [2.45, 2.75) is 32.0 Å². The van der Waals surface area contributed by atoms with Gasteiger partial charge in [-0.15, -0.1) is 0 Å². The second kappa shape index (κ2) is 16.9. The monoisotopic (exact) mass is 729 g/mol. The third-order valence-electron chi connectivity index (χ3n) is 9.89. The number of benzene rings is 5. The molecule has 3 N–H and O–H groups in total. The first-order valence-corrected chi connectivity index (χ1v) is 18.0. The highest BCUT2D eigenvalue weighted by Gasteiger charge is 2.39. The van der Waals surface area contributed by atoms with Crippen LogP contribution in [0, 0.1) is 16.0 Å². The molecule has 7 rings (SSSR count). The first kappa shape index (κ1) is 36.6. The zero-order valence-corrected chi connectivity index (χ0v) is 29.9. The van der Waals surface area contributed by atoms with Gasteiger partial charge in [-0.1, -0.05) is 61.5 Å². The number of non-ortho nitro benzene ring substituents is 1. The Morgan fingerprint density at radius 3 is 1.98 bits per heavy atom. The van der Waals surface area contributed by atoms with Gasteiger partial charge in [0.2, 0.25) is 0 Å². The Morgan fingerprint density at radius 2 is 1.37 bits per heavy atom. The van der Waals surface area contributed by atoms with Crippen molar-refractivity contribution in [3.63, 3.8) is 0 Å². The molecule has 0 saturated carbocycles. The minimum Gasteiger partial charge on any atom is -0.457 e. The predicted molar refractivity (Wildman–Crippen MR) is 207 cm³/mol. The fraction of sp³-hybridized carbons (Fsp3) is 0.262. The third kappa shape index (κ3) is 9.04. The third-order valence-corrected chi connectivity index (χ3v) is 9.89. The molecule has 2 amide bonds. The number of nitrogens with one attached hydrogen (secondary N) is 2. The van der Waals surface area contributed by atoms with Crippen molar-refractivity contribution >= 4 is 28.8 Å². The number of piperazine rings is 1. The Hall–Kier alpha value is -5.79. The summed E-state index contributed by atoms with van der Waals surface area (Å²) in [5, 5.41) is 26.5. The summed E-state index contributed by atoms with van der Waals surface area (Å²) in [5.41, 5.74) is 4.96. The summed E-state index contributed by atoms with van der Waals surface area (Å²) in [6, 6.07) is 38.3. The van der Waals surface area contributed by atoms with E-state index >= 15 is 0 Å². The van der Waals surface area contributed by atoms with Crippen LogP contribution in [-0.4, -0.2) is 59.8 Å². The first-order chi connectivity index (χ1) is 26.3. The van der Waals surface area contributed by atoms with Gasteiger partial charge in [0.05, 0.1) is 23.7 Å². The molecule has 2 aliphatic rings. The van der Waals surface area contributed by atoms with Gasteiger partial charge in [0.25, 0.3) is 5.69 Å². The Bertz CT molecular complexity index is 1990. The van der Waals surface area contributed by atoms with E-state index in [4.69, 9.17) is 14.2 Å². The molecule has 278 valence electrons. The number of hydrogen-bond acceptors (Lipinski definition) is 9. The second-order valence-electron chi connectivity index (χ2n) is 13.5. The Labute approximate surface area is 314 Å². The molecule has 12 heteroatoms. The summed E-state index contributed by atoms with van der Waals surface area (Å²) in [4.78, 5) is 28.2. The molecule has 4 atom stereocenters. The van der Waals surface area contributed by atoms with Crippen molar-refractivity contribution in [1.82, 2.24) is 4.90 Å². The molecule has 2 heterocycles. The summed E-state index contributed by atoms with van der Waals surface area (Å²) < 4.78 is 19.2. The van der Waals surface area contributed by atoms with Gasteiger partial charge in [0, 0.05) is 73.4 Å². The number of urea groups is 1. The average Bonchev–Trinajstić information content (AvgIpc) is 3.20. The van der Waals surface area contributed by atoms with Crippen molar-refractivity contribution in [2.24, 2.45) is 5.92 Å². The van der Waals surface area contributed by atoms with Crippen molar-refractivity contribution in [1.29, 1.82) is 0 Å². The molecule has 0 radical (unpaired) electrons. The maximum atomic E-state index is 12.8. The van der Waals surface area contributed by atoms with E-state index in [0.29, 0.717) is 23.7 Å². The molecule has 2 aliphatic heterocycles. The van der Waals surface area contributed by atoms with Crippen molar-refractivity contribution in [3.05, 3.63) is 154 Å². The van der Waals surface area contributed by atoms with Gasteiger partial charge >= 0.3 is 6.03 Å². The number of aliphatic hydroxyl groups is 1. The summed E-state index contributed by atoms with van der Waals surface area (Å²) in [6.07, 6.45) is -1.05. The zero-order valence-electron chi connectivity index (χ0n) is 29.9. The summed E-state index contributed by atoms with van der Waals surface area (Å²) in [7, 11) is 0. The topological polar surface area (TPSA) is 139 Å². The molecule has 54 heavy (non-hydrogen) atoms. The Morgan fingerprint density at radius 1 is 0.778 bits per heavy atom. The largest absolute Gasteiger partial charge is 0.457 e. The second-order valence-corrected chi connectivity index (χ2v) is 13.5. The molecule has 2 saturated heterocycles. The number of carbonyl (C=O) groups is 1. The maximum Gasteiger partial charge on any atom is 0.323 e. The van der Waals surface area contributed by atoms with Crippen LogP contribution in [0.2, 0.25) is 0 Å². The molecule has 0 spiro atoms. The molecular weight excluding hydrogens is 686 g/mol. The number of nitro groups is 1. The number of amides is 2. The normalized spacial score (nSPS) is 20.2. The van der Waals surface area contributed by atoms with E-state index in [-0.39, 0.29) is 41.4 Å². The molecule has 2 fully saturated rings. The Balaban J connectivity index is 0.985. The van der Waals surface area contributed by atoms with Gasteiger partial charge in [-0.05, 0) is 71.8 Å². The van der Waals surface area contributed by atoms with Crippen LogP contribution in [0.1, 0.15) is 36.0 Å². The maximum absolute atomic E-state index is 12.8. The van der Waals surface area contributed by atoms with Gasteiger partial charge in [0.1, 0.15) is 11.5 Å². The summed E-state index contributed by atoms with van der Waals surface area (Å²) >= 11 is 0. The Kier molecular flexibility index (Phi) is 11.5. The SMILES string of the molecule is CC1C(CN2CCN(c3ccc([N+](=O)[O-])cc3)CC2)OC(c2ccc(NC(=O)Nc3ccc(Oc4ccccc4)cc3)cc2)OC1c1ccc(CO)cc1. The quantitative estimate of drug-likeness (QED) is 0.0909. The van der Waals surface area contributed by atoms with Crippen LogP contribution in [0.3, 0.4) is 0 Å². The highest BCUT2D eigenvalue weighted by Crippen LogP contribution is 2.42. The van der Waals surface area contributed by atoms with Gasteiger partial charge in [-0.2, -0.15) is 0 Å². The number of nitrogens with zero attached hydrogens (tertiary/aromatic N) is 3. The molecule has 0 aromatic heterocycles. The van der Waals surface area contributed by atoms with Crippen LogP contribution < -0.4 is 20.3 Å². The van der Waals surface area contributed by atoms with Crippen LogP contribution in [0.5, 0.6) is 11.5 Å². The lowest BCUT2D eigenvalue weighted by atomic mass is 9.90. The van der Waals surface area contributed by atoms with Crippen molar-refractivity contribution in [2.75, 3.05) is 48.3 Å². The molecule has 5 aromatic rings. The molecule has 0 bridgehead atoms. The molecule has 12 nitrogen and oxygen atoms in total. The summed E-state index contributed by atoms with van der Waals surface area (Å²) in [6.45, 7) is 6.05. The minimum absolute atomic E-state index is 0.0255. The molecule has 5 aromatic carbocycles. The van der Waals surface area contributed by atoms with E-state index in [0.717, 1.165) is 54.3 Å². The first-order valence-electron chi connectivity index (χ1n) is 18.0. The van der Waals surface area contributed by atoms with Crippen LogP contribution in [0.15, 0.2) is 127 Å². The average molecular weight is 730 g/mol. The smallest absolute Gasteiger partial charge is 0.323 e. The van der Waals surface area contributed by atoms with E-state index in [1.54, 1.807) is 36.4 Å². The number of para-hydroxylation sites is 1. The van der Waals surface area contributed by atoms with E-state index in [2.05, 4.69) is 27.4 Å². The van der Waals surface area contributed by atoms with Gasteiger partial charge in [-0.25, -0.2) is 4.79 Å².